The summed E-state index contributed by atoms with van der Waals surface area (Å²) in [5.41, 5.74) is 0. The van der Waals surface area contributed by atoms with E-state index in [0.29, 0.717) is 0 Å². The van der Waals surface area contributed by atoms with Crippen LogP contribution in [-0.4, -0.2) is 49.8 Å². The fourth-order valence-corrected chi connectivity index (χ4v) is 3.09. The molecule has 2 N–H and O–H groups in total. The van der Waals surface area contributed by atoms with Crippen LogP contribution in [0.1, 0.15) is 46.0 Å². The third kappa shape index (κ3) is 8.50. The monoisotopic (exact) mass is 429 g/mol. The highest BCUT2D eigenvalue weighted by Crippen LogP contribution is 2.33. The van der Waals surface area contributed by atoms with Crippen LogP contribution in [0.15, 0.2) is 4.99 Å². The van der Waals surface area contributed by atoms with Crippen LogP contribution >= 0.6 is 35.7 Å². The van der Waals surface area contributed by atoms with E-state index in [0.717, 1.165) is 51.6 Å². The summed E-state index contributed by atoms with van der Waals surface area (Å²) in [6.07, 6.45) is 8.15. The molecule has 0 radical (unpaired) electrons. The van der Waals surface area contributed by atoms with Gasteiger partial charge in [-0.05, 0) is 32.4 Å². The van der Waals surface area contributed by atoms with E-state index in [9.17, 15) is 0 Å². The van der Waals surface area contributed by atoms with Crippen LogP contribution in [0, 0.1) is 0 Å². The fraction of sp³-hybridized carbons (Fsp3) is 0.933. The fourth-order valence-electron chi connectivity index (χ4n) is 2.32. The van der Waals surface area contributed by atoms with Crippen LogP contribution in [0.3, 0.4) is 0 Å². The van der Waals surface area contributed by atoms with E-state index < -0.39 is 0 Å². The van der Waals surface area contributed by atoms with Crippen LogP contribution in [0.4, 0.5) is 0 Å². The van der Waals surface area contributed by atoms with Crippen molar-refractivity contribution in [1.29, 1.82) is 0 Å². The lowest BCUT2D eigenvalue weighted by atomic mass is 9.99. The van der Waals surface area contributed by atoms with Gasteiger partial charge >= 0.3 is 0 Å². The number of nitrogens with zero attached hydrogens (tertiary/aromatic N) is 1. The Labute approximate surface area is 151 Å². The van der Waals surface area contributed by atoms with Gasteiger partial charge in [-0.1, -0.05) is 19.8 Å². The standard InChI is InChI=1S/C15H31N3OS.HI/c1-4-6-7-10-17-14(16-5-2)18-13-15(20-3)8-11-19-12-9-15;/h4-13H2,1-3H3,(H2,16,17,18);1H. The lowest BCUT2D eigenvalue weighted by molar-refractivity contribution is 0.0794. The van der Waals surface area contributed by atoms with E-state index in [2.05, 4.69) is 30.7 Å². The highest BCUT2D eigenvalue weighted by atomic mass is 127. The largest absolute Gasteiger partial charge is 0.381 e. The van der Waals surface area contributed by atoms with Crippen LogP contribution in [-0.2, 0) is 4.74 Å². The maximum absolute atomic E-state index is 5.48. The van der Waals surface area contributed by atoms with Gasteiger partial charge in [0.25, 0.3) is 0 Å². The van der Waals surface area contributed by atoms with Crippen molar-refractivity contribution in [2.75, 3.05) is 39.1 Å². The molecule has 1 aliphatic heterocycles. The molecule has 0 spiro atoms. The zero-order valence-corrected chi connectivity index (χ0v) is 16.9. The molecule has 4 nitrogen and oxygen atoms in total. The number of hydrogen-bond acceptors (Lipinski definition) is 3. The number of rotatable bonds is 8. The van der Waals surface area contributed by atoms with E-state index in [4.69, 9.17) is 9.73 Å². The number of hydrogen-bond donors (Lipinski definition) is 2. The molecule has 0 aromatic heterocycles. The van der Waals surface area contributed by atoms with Crippen molar-refractivity contribution < 1.29 is 4.74 Å². The Morgan fingerprint density at radius 2 is 1.90 bits per heavy atom. The average molecular weight is 429 g/mol. The first kappa shape index (κ1) is 21.3. The number of guanidine groups is 1. The van der Waals surface area contributed by atoms with Crippen LogP contribution < -0.4 is 10.6 Å². The lowest BCUT2D eigenvalue weighted by Crippen LogP contribution is -2.41. The topological polar surface area (TPSA) is 45.7 Å². The SMILES string of the molecule is CCCCCNC(=NCC1(SC)CCOCC1)NCC.I. The maximum Gasteiger partial charge on any atom is 0.191 e. The molecule has 0 atom stereocenters. The second kappa shape index (κ2) is 12.8. The normalized spacial score (nSPS) is 18.0. The Kier molecular flexibility index (Phi) is 13.0. The molecule has 1 fully saturated rings. The molecule has 0 saturated carbocycles. The minimum absolute atomic E-state index is 0. The van der Waals surface area contributed by atoms with Crippen molar-refractivity contribution in [3.63, 3.8) is 0 Å². The molecule has 21 heavy (non-hydrogen) atoms. The highest BCUT2D eigenvalue weighted by molar-refractivity contribution is 14.0. The third-order valence-electron chi connectivity index (χ3n) is 3.78. The Bertz CT molecular complexity index is 284. The summed E-state index contributed by atoms with van der Waals surface area (Å²) in [5.74, 6) is 0.962. The molecular weight excluding hydrogens is 397 g/mol. The van der Waals surface area contributed by atoms with Crippen molar-refractivity contribution in [3.05, 3.63) is 0 Å². The van der Waals surface area contributed by atoms with Gasteiger partial charge in [0.2, 0.25) is 0 Å². The van der Waals surface area contributed by atoms with E-state index >= 15 is 0 Å². The van der Waals surface area contributed by atoms with Gasteiger partial charge in [0.1, 0.15) is 0 Å². The second-order valence-electron chi connectivity index (χ2n) is 5.33. The van der Waals surface area contributed by atoms with Gasteiger partial charge in [-0.15, -0.1) is 24.0 Å². The van der Waals surface area contributed by atoms with E-state index in [1.165, 1.54) is 19.3 Å². The van der Waals surface area contributed by atoms with E-state index in [1.807, 2.05) is 11.8 Å². The molecule has 0 aromatic rings. The van der Waals surface area contributed by atoms with Crippen molar-refractivity contribution in [3.8, 4) is 0 Å². The van der Waals surface area contributed by atoms with Crippen LogP contribution in [0.5, 0.6) is 0 Å². The minimum Gasteiger partial charge on any atom is -0.381 e. The molecule has 1 aliphatic rings. The molecule has 1 heterocycles. The minimum atomic E-state index is 0. The number of halogens is 1. The summed E-state index contributed by atoms with van der Waals surface area (Å²) < 4.78 is 5.75. The van der Waals surface area contributed by atoms with Gasteiger partial charge < -0.3 is 15.4 Å². The summed E-state index contributed by atoms with van der Waals surface area (Å²) in [6.45, 7) is 8.88. The molecule has 0 bridgehead atoms. The first-order valence-electron chi connectivity index (χ1n) is 7.91. The molecule has 1 rings (SSSR count). The molecule has 1 saturated heterocycles. The lowest BCUT2D eigenvalue weighted by Gasteiger charge is -2.34. The zero-order chi connectivity index (χ0) is 14.7. The van der Waals surface area contributed by atoms with Crippen molar-refractivity contribution in [1.82, 2.24) is 10.6 Å². The predicted molar refractivity (Wildman–Crippen MR) is 105 cm³/mol. The number of ether oxygens (including phenoxy) is 1. The van der Waals surface area contributed by atoms with Gasteiger partial charge in [-0.2, -0.15) is 11.8 Å². The van der Waals surface area contributed by atoms with Gasteiger partial charge in [0.05, 0.1) is 6.54 Å². The van der Waals surface area contributed by atoms with Crippen molar-refractivity contribution in [2.24, 2.45) is 4.99 Å². The Morgan fingerprint density at radius 3 is 2.48 bits per heavy atom. The smallest absolute Gasteiger partial charge is 0.191 e. The summed E-state index contributed by atoms with van der Waals surface area (Å²) in [6, 6.07) is 0. The van der Waals surface area contributed by atoms with Gasteiger partial charge in [-0.3, -0.25) is 4.99 Å². The molecular formula is C15H32IN3OS. The number of nitrogens with one attached hydrogen (secondary N) is 2. The molecule has 6 heteroatoms. The molecule has 0 amide bonds. The van der Waals surface area contributed by atoms with Gasteiger partial charge in [0.15, 0.2) is 5.96 Å². The van der Waals surface area contributed by atoms with Crippen LogP contribution in [0.25, 0.3) is 0 Å². The van der Waals surface area contributed by atoms with Gasteiger partial charge in [-0.25, -0.2) is 0 Å². The second-order valence-corrected chi connectivity index (χ2v) is 6.60. The molecule has 0 aliphatic carbocycles. The first-order chi connectivity index (χ1) is 9.76. The van der Waals surface area contributed by atoms with Crippen molar-refractivity contribution in [2.45, 2.75) is 50.7 Å². The first-order valence-corrected chi connectivity index (χ1v) is 9.14. The Balaban J connectivity index is 0.00000400. The van der Waals surface area contributed by atoms with Gasteiger partial charge in [0, 0.05) is 31.1 Å². The summed E-state index contributed by atoms with van der Waals surface area (Å²) in [4.78, 5) is 4.80. The van der Waals surface area contributed by atoms with Crippen LogP contribution in [0.2, 0.25) is 0 Å². The summed E-state index contributed by atoms with van der Waals surface area (Å²) >= 11 is 1.94. The summed E-state index contributed by atoms with van der Waals surface area (Å²) in [5, 5.41) is 6.77. The average Bonchev–Trinajstić information content (AvgIpc) is 2.50. The number of aliphatic imine (C=N–C) groups is 1. The van der Waals surface area contributed by atoms with Crippen molar-refractivity contribution >= 4 is 41.7 Å². The van der Waals surface area contributed by atoms with E-state index in [1.54, 1.807) is 0 Å². The molecule has 0 unspecified atom stereocenters. The number of unbranched alkanes of at least 4 members (excludes halogenated alkanes) is 2. The maximum atomic E-state index is 5.48. The van der Waals surface area contributed by atoms with E-state index in [-0.39, 0.29) is 28.7 Å². The molecule has 0 aromatic carbocycles. The zero-order valence-electron chi connectivity index (χ0n) is 13.7. The third-order valence-corrected chi connectivity index (χ3v) is 5.18. The highest BCUT2D eigenvalue weighted by Gasteiger charge is 2.31. The Hall–Kier alpha value is 0.310. The summed E-state index contributed by atoms with van der Waals surface area (Å²) in [7, 11) is 0. The molecule has 126 valence electrons. The predicted octanol–water partition coefficient (Wildman–Crippen LogP) is 3.26. The number of thioether (sulfide) groups is 1. The Morgan fingerprint density at radius 1 is 1.19 bits per heavy atom. The quantitative estimate of drug-likeness (QED) is 0.269.